The molecule has 3 heterocycles. The molecule has 0 radical (unpaired) electrons. The van der Waals surface area contributed by atoms with E-state index in [4.69, 9.17) is 0 Å². The van der Waals surface area contributed by atoms with Crippen molar-refractivity contribution >= 4 is 23.1 Å². The predicted octanol–water partition coefficient (Wildman–Crippen LogP) is 5.05. The summed E-state index contributed by atoms with van der Waals surface area (Å²) in [5.74, 6) is -7.12. The molecule has 0 atom stereocenters. The maximum atomic E-state index is 14.5. The van der Waals surface area contributed by atoms with E-state index in [0.29, 0.717) is 30.8 Å². The predicted molar refractivity (Wildman–Crippen MR) is 173 cm³/mol. The zero-order chi connectivity index (χ0) is 34.7. The smallest absolute Gasteiger partial charge is 0.294 e. The molecule has 3 aromatic carbocycles. The van der Waals surface area contributed by atoms with Crippen LogP contribution >= 0.6 is 0 Å². The van der Waals surface area contributed by atoms with Crippen LogP contribution in [0.15, 0.2) is 103 Å². The third-order valence-corrected chi connectivity index (χ3v) is 8.24. The fraction of sp³-hybridized carbons (Fsp3) is 0.167. The molecule has 0 spiro atoms. The van der Waals surface area contributed by atoms with Gasteiger partial charge < -0.3 is 24.0 Å². The van der Waals surface area contributed by atoms with Gasteiger partial charge in [-0.1, -0.05) is 12.1 Å². The second-order valence-corrected chi connectivity index (χ2v) is 11.5. The van der Waals surface area contributed by atoms with Gasteiger partial charge in [0, 0.05) is 74.2 Å². The highest BCUT2D eigenvalue weighted by atomic mass is 19.2. The first kappa shape index (κ1) is 32.9. The Bertz CT molecular complexity index is 2110. The molecule has 6 rings (SSSR count). The highest BCUT2D eigenvalue weighted by Gasteiger charge is 2.26. The number of anilines is 1. The molecule has 0 aliphatic carbocycles. The molecule has 1 saturated heterocycles. The first-order valence-corrected chi connectivity index (χ1v) is 15.2. The number of hydrogen-bond acceptors (Lipinski definition) is 6. The van der Waals surface area contributed by atoms with Gasteiger partial charge in [0.1, 0.15) is 17.4 Å². The van der Waals surface area contributed by atoms with E-state index in [9.17, 15) is 37.1 Å². The van der Waals surface area contributed by atoms with Crippen LogP contribution in [0.1, 0.15) is 22.3 Å². The standard InChI is InChI=1S/C36H29F4N5O4/c37-25-3-1-2-23(16-25)20-45-21-24(17-28-30(38)8-9-31(39)34(28)40)18-29(35(45)48)32(46)19-33(47)36(49)43-14-12-42(13-15-43)26-4-6-27(7-5-26)44-11-10-41-22-44/h1-11,16,18-19,21-22,46H,12-15,17,20H2/b32-19+. The summed E-state index contributed by atoms with van der Waals surface area (Å²) in [5, 5.41) is 11.0. The molecule has 13 heteroatoms. The van der Waals surface area contributed by atoms with Crippen LogP contribution in [0, 0.1) is 23.3 Å². The van der Waals surface area contributed by atoms with Crippen molar-refractivity contribution in [3.8, 4) is 5.69 Å². The van der Waals surface area contributed by atoms with Crippen LogP contribution < -0.4 is 10.5 Å². The number of aliphatic hydroxyl groups is 1. The lowest BCUT2D eigenvalue weighted by Gasteiger charge is -2.35. The van der Waals surface area contributed by atoms with Gasteiger partial charge in [-0.2, -0.15) is 0 Å². The fourth-order valence-electron chi connectivity index (χ4n) is 5.70. The second-order valence-electron chi connectivity index (χ2n) is 11.5. The highest BCUT2D eigenvalue weighted by molar-refractivity contribution is 6.41. The number of aromatic nitrogens is 3. The Labute approximate surface area is 277 Å². The Morgan fingerprint density at radius 1 is 0.857 bits per heavy atom. The minimum absolute atomic E-state index is 0.0716. The summed E-state index contributed by atoms with van der Waals surface area (Å²) in [6.45, 7) is 1.13. The van der Waals surface area contributed by atoms with Gasteiger partial charge in [-0.15, -0.1) is 0 Å². The fourth-order valence-corrected chi connectivity index (χ4v) is 5.70. The van der Waals surface area contributed by atoms with E-state index in [0.717, 1.165) is 28.1 Å². The van der Waals surface area contributed by atoms with Gasteiger partial charge in [-0.3, -0.25) is 14.4 Å². The molecule has 1 fully saturated rings. The number of hydrogen-bond donors (Lipinski definition) is 1. The molecular formula is C36H29F4N5O4. The summed E-state index contributed by atoms with van der Waals surface area (Å²) in [7, 11) is 0. The SMILES string of the molecule is O=C(/C=C(/O)c1cc(Cc2c(F)ccc(F)c2F)cn(Cc2cccc(F)c2)c1=O)C(=O)N1CCN(c2ccc(-n3ccnc3)cc2)CC1. The molecule has 2 aromatic heterocycles. The van der Waals surface area contributed by atoms with Crippen molar-refractivity contribution in [2.24, 2.45) is 0 Å². The number of imidazole rings is 1. The minimum atomic E-state index is -1.42. The lowest BCUT2D eigenvalue weighted by molar-refractivity contribution is -0.142. The monoisotopic (exact) mass is 671 g/mol. The lowest BCUT2D eigenvalue weighted by atomic mass is 10.0. The van der Waals surface area contributed by atoms with Crippen molar-refractivity contribution in [3.63, 3.8) is 0 Å². The second kappa shape index (κ2) is 14.0. The molecule has 1 amide bonds. The Kier molecular flexibility index (Phi) is 9.42. The van der Waals surface area contributed by atoms with Gasteiger partial charge in [0.05, 0.1) is 18.4 Å². The Morgan fingerprint density at radius 2 is 1.57 bits per heavy atom. The summed E-state index contributed by atoms with van der Waals surface area (Å²) in [4.78, 5) is 47.0. The molecule has 1 aliphatic rings. The number of halogens is 4. The van der Waals surface area contributed by atoms with Crippen molar-refractivity contribution < 1.29 is 32.3 Å². The summed E-state index contributed by atoms with van der Waals surface area (Å²) < 4.78 is 59.8. The zero-order valence-electron chi connectivity index (χ0n) is 25.9. The third-order valence-electron chi connectivity index (χ3n) is 8.24. The summed E-state index contributed by atoms with van der Waals surface area (Å²) in [6, 6.07) is 15.7. The summed E-state index contributed by atoms with van der Waals surface area (Å²) in [6.07, 6.45) is 6.55. The number of aliphatic hydroxyl groups excluding tert-OH is 1. The number of piperazine rings is 1. The number of rotatable bonds is 9. The summed E-state index contributed by atoms with van der Waals surface area (Å²) in [5.41, 5.74) is 0.411. The molecule has 250 valence electrons. The number of benzene rings is 3. The van der Waals surface area contributed by atoms with Gasteiger partial charge in [0.2, 0.25) is 5.78 Å². The average molecular weight is 672 g/mol. The van der Waals surface area contributed by atoms with Gasteiger partial charge in [-0.25, -0.2) is 22.5 Å². The number of amides is 1. The van der Waals surface area contributed by atoms with Gasteiger partial charge >= 0.3 is 0 Å². The van der Waals surface area contributed by atoms with Crippen LogP contribution in [0.2, 0.25) is 0 Å². The number of carbonyl (C=O) groups excluding carboxylic acids is 2. The van der Waals surface area contributed by atoms with E-state index in [-0.39, 0.29) is 25.2 Å². The van der Waals surface area contributed by atoms with E-state index in [1.165, 1.54) is 29.3 Å². The van der Waals surface area contributed by atoms with Gasteiger partial charge in [-0.05, 0) is 65.7 Å². The summed E-state index contributed by atoms with van der Waals surface area (Å²) >= 11 is 0. The zero-order valence-corrected chi connectivity index (χ0v) is 25.9. The van der Waals surface area contributed by atoms with Crippen molar-refractivity contribution in [3.05, 3.63) is 154 Å². The third kappa shape index (κ3) is 7.30. The molecule has 1 aliphatic heterocycles. The number of ketones is 1. The lowest BCUT2D eigenvalue weighted by Crippen LogP contribution is -2.50. The maximum absolute atomic E-state index is 14.5. The van der Waals surface area contributed by atoms with Crippen LogP contribution in [0.5, 0.6) is 0 Å². The quantitative estimate of drug-likeness (QED) is 0.0775. The first-order chi connectivity index (χ1) is 23.6. The molecular weight excluding hydrogens is 642 g/mol. The van der Waals surface area contributed by atoms with Crippen molar-refractivity contribution in [2.75, 3.05) is 31.1 Å². The van der Waals surface area contributed by atoms with E-state index < -0.39 is 63.8 Å². The van der Waals surface area contributed by atoms with Gasteiger partial charge in [0.15, 0.2) is 11.6 Å². The molecule has 5 aromatic rings. The van der Waals surface area contributed by atoms with E-state index in [1.807, 2.05) is 35.0 Å². The maximum Gasteiger partial charge on any atom is 0.294 e. The van der Waals surface area contributed by atoms with Crippen molar-refractivity contribution in [1.82, 2.24) is 19.0 Å². The molecule has 9 nitrogen and oxygen atoms in total. The number of pyridine rings is 1. The molecule has 0 bridgehead atoms. The van der Waals surface area contributed by atoms with Crippen LogP contribution in [0.4, 0.5) is 23.2 Å². The van der Waals surface area contributed by atoms with Crippen LogP contribution in [0.3, 0.4) is 0 Å². The van der Waals surface area contributed by atoms with E-state index in [2.05, 4.69) is 9.88 Å². The first-order valence-electron chi connectivity index (χ1n) is 15.2. The van der Waals surface area contributed by atoms with Crippen LogP contribution in [-0.2, 0) is 22.6 Å². The topological polar surface area (TPSA) is 101 Å². The molecule has 1 N–H and O–H groups in total. The molecule has 49 heavy (non-hydrogen) atoms. The Hall–Kier alpha value is -5.98. The number of nitrogens with zero attached hydrogens (tertiary/aromatic N) is 5. The van der Waals surface area contributed by atoms with Crippen LogP contribution in [0.25, 0.3) is 11.4 Å². The normalized spacial score (nSPS) is 13.5. The molecule has 0 saturated carbocycles. The van der Waals surface area contributed by atoms with Crippen molar-refractivity contribution in [2.45, 2.75) is 13.0 Å². The number of carbonyl (C=O) groups is 2. The Morgan fingerprint density at radius 3 is 2.27 bits per heavy atom. The molecule has 0 unspecified atom stereocenters. The average Bonchev–Trinajstić information content (AvgIpc) is 3.65. The van der Waals surface area contributed by atoms with Gasteiger partial charge in [0.25, 0.3) is 11.5 Å². The Balaban J connectivity index is 1.21. The van der Waals surface area contributed by atoms with Crippen LogP contribution in [-0.4, -0.2) is 62.0 Å². The van der Waals surface area contributed by atoms with E-state index >= 15 is 0 Å². The van der Waals surface area contributed by atoms with E-state index in [1.54, 1.807) is 18.6 Å². The van der Waals surface area contributed by atoms with Crippen molar-refractivity contribution in [1.29, 1.82) is 0 Å². The minimum Gasteiger partial charge on any atom is -0.507 e. The highest BCUT2D eigenvalue weighted by Crippen LogP contribution is 2.22. The largest absolute Gasteiger partial charge is 0.507 e.